The number of carbonyl (C=O) groups excluding carboxylic acids is 1. The molecule has 3 heterocycles. The van der Waals surface area contributed by atoms with Gasteiger partial charge in [-0.05, 0) is 49.8 Å². The summed E-state index contributed by atoms with van der Waals surface area (Å²) in [6.45, 7) is 3.12. The average Bonchev–Trinajstić information content (AvgIpc) is 3.44. The molecule has 15 heteroatoms. The third-order valence-corrected chi connectivity index (χ3v) is 8.99. The number of aryl methyl sites for hydroxylation is 1. The van der Waals surface area contributed by atoms with Gasteiger partial charge in [-0.15, -0.1) is 0 Å². The predicted molar refractivity (Wildman–Crippen MR) is 151 cm³/mol. The third-order valence-electron chi connectivity index (χ3n) is 7.10. The van der Waals surface area contributed by atoms with Gasteiger partial charge in [-0.2, -0.15) is 4.31 Å². The Hall–Kier alpha value is -4.24. The van der Waals surface area contributed by atoms with Gasteiger partial charge in [0.25, 0.3) is 0 Å². The molecule has 1 aliphatic heterocycles. The number of hydrogen-bond donors (Lipinski definition) is 4. The zero-order valence-corrected chi connectivity index (χ0v) is 24.1. The highest BCUT2D eigenvalue weighted by atomic mass is 32.2. The van der Waals surface area contributed by atoms with Gasteiger partial charge in [-0.1, -0.05) is 19.1 Å². The van der Waals surface area contributed by atoms with Crippen molar-refractivity contribution in [3.05, 3.63) is 48.4 Å². The van der Waals surface area contributed by atoms with Crippen molar-refractivity contribution in [2.75, 3.05) is 25.0 Å². The molecular formula is C27H34N6O8S. The summed E-state index contributed by atoms with van der Waals surface area (Å²) in [5.74, 6) is -1.66. The molecule has 42 heavy (non-hydrogen) atoms. The van der Waals surface area contributed by atoms with Crippen LogP contribution < -0.4 is 5.32 Å². The molecule has 0 saturated carbocycles. The zero-order chi connectivity index (χ0) is 30.4. The van der Waals surface area contributed by atoms with Gasteiger partial charge in [0.1, 0.15) is 17.5 Å². The molecule has 0 spiro atoms. The van der Waals surface area contributed by atoms with Crippen LogP contribution >= 0.6 is 0 Å². The highest BCUT2D eigenvalue weighted by molar-refractivity contribution is 7.89. The first kappa shape index (κ1) is 30.7. The lowest BCUT2D eigenvalue weighted by atomic mass is 9.96. The van der Waals surface area contributed by atoms with Crippen molar-refractivity contribution in [3.8, 4) is 0 Å². The Bertz CT molecular complexity index is 1530. The van der Waals surface area contributed by atoms with E-state index in [9.17, 15) is 33.0 Å². The van der Waals surface area contributed by atoms with Gasteiger partial charge in [0, 0.05) is 43.5 Å². The molecule has 1 aliphatic rings. The molecule has 1 fully saturated rings. The number of rotatable bonds is 12. The fourth-order valence-corrected chi connectivity index (χ4v) is 6.82. The molecule has 0 aliphatic carbocycles. The summed E-state index contributed by atoms with van der Waals surface area (Å²) in [7, 11) is -4.60. The summed E-state index contributed by atoms with van der Waals surface area (Å²) in [6, 6.07) is 4.84. The molecule has 1 aromatic carbocycles. The SMILES string of the molecule is Cc1cnc2c(S(=O)(=O)N(CC(=O)O)[C@@H](CCCNc3ncc[nH]3)C(=O)N3CCC(C)CC3OC(=O)O)cccc2c1. The number of carbonyl (C=O) groups is 3. The molecule has 14 nitrogen and oxygen atoms in total. The second-order valence-corrected chi connectivity index (χ2v) is 12.2. The number of aromatic nitrogens is 3. The maximum Gasteiger partial charge on any atom is 0.507 e. The fraction of sp³-hybridized carbons (Fsp3) is 0.444. The van der Waals surface area contributed by atoms with Crippen LogP contribution in [0.5, 0.6) is 0 Å². The number of imidazole rings is 1. The normalized spacial score (nSPS) is 18.1. The number of carboxylic acids is 1. The van der Waals surface area contributed by atoms with E-state index in [1.807, 2.05) is 13.8 Å². The highest BCUT2D eigenvalue weighted by Gasteiger charge is 2.43. The number of hydrogen-bond acceptors (Lipinski definition) is 9. The van der Waals surface area contributed by atoms with Crippen LogP contribution in [0.4, 0.5) is 10.7 Å². The number of benzene rings is 1. The van der Waals surface area contributed by atoms with Crippen LogP contribution in [0.1, 0.15) is 38.2 Å². The Labute approximate surface area is 242 Å². The quantitative estimate of drug-likeness (QED) is 0.176. The number of nitrogens with one attached hydrogen (secondary N) is 2. The molecular weight excluding hydrogens is 568 g/mol. The largest absolute Gasteiger partial charge is 0.507 e. The zero-order valence-electron chi connectivity index (χ0n) is 23.3. The Morgan fingerprint density at radius 1 is 1.26 bits per heavy atom. The lowest BCUT2D eigenvalue weighted by molar-refractivity contribution is -0.152. The van der Waals surface area contributed by atoms with Crippen molar-refractivity contribution < 1.29 is 37.8 Å². The minimum absolute atomic E-state index is 0.0541. The van der Waals surface area contributed by atoms with Gasteiger partial charge in [-0.3, -0.25) is 14.6 Å². The number of piperidine rings is 1. The third kappa shape index (κ3) is 7.15. The number of likely N-dealkylation sites (tertiary alicyclic amines) is 1. The van der Waals surface area contributed by atoms with Crippen molar-refractivity contribution in [1.82, 2.24) is 24.2 Å². The van der Waals surface area contributed by atoms with Crippen molar-refractivity contribution in [2.45, 2.75) is 56.7 Å². The van der Waals surface area contributed by atoms with Crippen LogP contribution in [0, 0.1) is 12.8 Å². The lowest BCUT2D eigenvalue weighted by Gasteiger charge is -2.40. The van der Waals surface area contributed by atoms with Crippen molar-refractivity contribution in [1.29, 1.82) is 0 Å². The van der Waals surface area contributed by atoms with Crippen LogP contribution in [0.15, 0.2) is 47.8 Å². The summed E-state index contributed by atoms with van der Waals surface area (Å²) in [4.78, 5) is 49.9. The van der Waals surface area contributed by atoms with Crippen LogP contribution in [0.25, 0.3) is 10.9 Å². The molecule has 2 aromatic heterocycles. The number of aliphatic carboxylic acids is 1. The first-order valence-corrected chi connectivity index (χ1v) is 14.9. The van der Waals surface area contributed by atoms with E-state index in [0.717, 1.165) is 5.56 Å². The molecule has 0 radical (unpaired) electrons. The highest BCUT2D eigenvalue weighted by Crippen LogP contribution is 2.30. The van der Waals surface area contributed by atoms with Crippen molar-refractivity contribution in [3.63, 3.8) is 0 Å². The molecule has 3 aromatic rings. The smallest absolute Gasteiger partial charge is 0.480 e. The maximum absolute atomic E-state index is 14.2. The second-order valence-electron chi connectivity index (χ2n) is 10.3. The van der Waals surface area contributed by atoms with E-state index < -0.39 is 46.9 Å². The standard InChI is InChI=1S/C27H34N6O8S/c1-17-8-12-32(22(14-17)41-27(37)38)25(36)20(6-4-9-28-26-29-10-11-30-26)33(16-23(34)35)42(39,40)21-7-3-5-19-13-18(2)15-31-24(19)21/h3,5,7,10-11,13,15,17,20,22H,4,6,8-9,12,14,16H2,1-2H3,(H,34,35)(H,37,38)(H2,28,29,30)/t17?,20-,22?/m0/s1. The molecule has 226 valence electrons. The van der Waals surface area contributed by atoms with E-state index in [-0.39, 0.29) is 42.1 Å². The first-order valence-electron chi connectivity index (χ1n) is 13.5. The van der Waals surface area contributed by atoms with Gasteiger partial charge >= 0.3 is 12.1 Å². The Balaban J connectivity index is 1.74. The maximum atomic E-state index is 14.2. The molecule has 3 atom stereocenters. The Morgan fingerprint density at radius 3 is 2.74 bits per heavy atom. The van der Waals surface area contributed by atoms with Crippen LogP contribution in [0.3, 0.4) is 0 Å². The van der Waals surface area contributed by atoms with Gasteiger partial charge in [0.2, 0.25) is 15.9 Å². The van der Waals surface area contributed by atoms with Gasteiger partial charge in [-0.25, -0.2) is 18.2 Å². The van der Waals surface area contributed by atoms with E-state index in [4.69, 9.17) is 4.74 Å². The number of H-pyrrole nitrogens is 1. The predicted octanol–water partition coefficient (Wildman–Crippen LogP) is 2.88. The number of carboxylic acid groups (broad SMARTS) is 2. The van der Waals surface area contributed by atoms with E-state index in [1.54, 1.807) is 24.5 Å². The molecule has 2 unspecified atom stereocenters. The molecule has 1 saturated heterocycles. The monoisotopic (exact) mass is 602 g/mol. The van der Waals surface area contributed by atoms with Gasteiger partial charge < -0.3 is 30.2 Å². The summed E-state index contributed by atoms with van der Waals surface area (Å²) in [5.41, 5.74) is 0.948. The number of nitrogens with zero attached hydrogens (tertiary/aromatic N) is 4. The average molecular weight is 603 g/mol. The van der Waals surface area contributed by atoms with E-state index >= 15 is 0 Å². The van der Waals surface area contributed by atoms with E-state index in [1.165, 1.54) is 23.2 Å². The summed E-state index contributed by atoms with van der Waals surface area (Å²) < 4.78 is 34.1. The minimum atomic E-state index is -4.60. The number of aromatic amines is 1. The molecule has 0 bridgehead atoms. The topological polar surface area (TPSA) is 195 Å². The summed E-state index contributed by atoms with van der Waals surface area (Å²) in [5, 5.41) is 22.7. The number of fused-ring (bicyclic) bond motifs is 1. The number of pyridine rings is 1. The van der Waals surface area contributed by atoms with E-state index in [2.05, 4.69) is 20.3 Å². The minimum Gasteiger partial charge on any atom is -0.480 e. The molecule has 4 N–H and O–H groups in total. The van der Waals surface area contributed by atoms with Gasteiger partial charge in [0.05, 0.1) is 5.52 Å². The summed E-state index contributed by atoms with van der Waals surface area (Å²) >= 11 is 0. The van der Waals surface area contributed by atoms with E-state index in [0.29, 0.717) is 28.6 Å². The van der Waals surface area contributed by atoms with Crippen molar-refractivity contribution >= 4 is 44.9 Å². The Kier molecular flexibility index (Phi) is 9.63. The first-order chi connectivity index (χ1) is 20.0. The van der Waals surface area contributed by atoms with Crippen LogP contribution in [-0.2, 0) is 24.3 Å². The summed E-state index contributed by atoms with van der Waals surface area (Å²) in [6.07, 6.45) is 2.92. The van der Waals surface area contributed by atoms with Crippen LogP contribution in [0.2, 0.25) is 0 Å². The number of para-hydroxylation sites is 1. The Morgan fingerprint density at radius 2 is 2.05 bits per heavy atom. The number of sulfonamides is 1. The number of amides is 1. The number of anilines is 1. The van der Waals surface area contributed by atoms with Crippen molar-refractivity contribution in [2.24, 2.45) is 5.92 Å². The molecule has 1 amide bonds. The fourth-order valence-electron chi connectivity index (χ4n) is 5.09. The van der Waals surface area contributed by atoms with Gasteiger partial charge in [0.15, 0.2) is 12.2 Å². The number of ether oxygens (including phenoxy) is 1. The molecule has 4 rings (SSSR count). The lowest BCUT2D eigenvalue weighted by Crippen LogP contribution is -2.57. The van der Waals surface area contributed by atoms with Crippen LogP contribution in [-0.4, -0.2) is 92.7 Å². The second kappa shape index (κ2) is 13.2.